The summed E-state index contributed by atoms with van der Waals surface area (Å²) in [6.45, 7) is 5.99. The number of hydrogen-bond acceptors (Lipinski definition) is 6. The van der Waals surface area contributed by atoms with Gasteiger partial charge in [-0.3, -0.25) is 4.79 Å². The van der Waals surface area contributed by atoms with Crippen LogP contribution >= 0.6 is 11.3 Å². The van der Waals surface area contributed by atoms with Gasteiger partial charge in [0.2, 0.25) is 0 Å². The Hall–Kier alpha value is -2.00. The van der Waals surface area contributed by atoms with Crippen LogP contribution in [0.2, 0.25) is 6.32 Å². The van der Waals surface area contributed by atoms with Gasteiger partial charge in [-0.1, -0.05) is 62.2 Å². The van der Waals surface area contributed by atoms with Gasteiger partial charge in [0.05, 0.1) is 17.3 Å². The Kier molecular flexibility index (Phi) is 10.1. The molecule has 2 aromatic rings. The van der Waals surface area contributed by atoms with Crippen molar-refractivity contribution in [1.29, 1.82) is 0 Å². The molecule has 1 atom stereocenters. The number of amides is 1. The number of aliphatic hydroxyl groups is 1. The number of aliphatic hydroxyl groups excluding tert-OH is 1. The van der Waals surface area contributed by atoms with Crippen molar-refractivity contribution in [2.75, 3.05) is 13.1 Å². The summed E-state index contributed by atoms with van der Waals surface area (Å²) in [5, 5.41) is 20.9. The second-order valence-electron chi connectivity index (χ2n) is 9.31. The normalized spacial score (nSPS) is 12.8. The number of H-pyrrole nitrogens is 1. The molecule has 32 heavy (non-hydrogen) atoms. The molecule has 0 saturated heterocycles. The largest absolute Gasteiger partial charge is 0.506 e. The number of aromatic nitrogens is 1. The van der Waals surface area contributed by atoms with Crippen LogP contribution in [0.1, 0.15) is 77.4 Å². The SMILES string of the molecule is BCCCCCCCCCN(C[C@H](O)c1ccc(O)c2[nH]c(=O)sc12)C(=O)OC(C)(C)C. The lowest BCUT2D eigenvalue weighted by molar-refractivity contribution is 0.0142. The molecule has 1 heterocycles. The molecule has 0 bridgehead atoms. The Morgan fingerprint density at radius 2 is 1.78 bits per heavy atom. The van der Waals surface area contributed by atoms with Crippen molar-refractivity contribution in [2.45, 2.75) is 83.7 Å². The Balaban J connectivity index is 2.03. The molecule has 1 aromatic carbocycles. The first kappa shape index (κ1) is 26.3. The number of unbranched alkanes of at least 4 members (excludes halogenated alkanes) is 6. The summed E-state index contributed by atoms with van der Waals surface area (Å²) < 4.78 is 6.05. The molecule has 0 aliphatic carbocycles. The Morgan fingerprint density at radius 1 is 1.16 bits per heavy atom. The van der Waals surface area contributed by atoms with Gasteiger partial charge in [-0.15, -0.1) is 0 Å². The standard InChI is InChI=1S/C23H37BN2O5S/c1-23(2,3)31-22(30)26(14-10-8-6-4-5-7-9-13-24)15-18(28)16-11-12-17(27)19-20(16)32-21(29)25-19/h11-12,18,27-28H,4-10,13-15,24H2,1-3H3,(H,25,29)/t18-/m0/s1. The van der Waals surface area contributed by atoms with Gasteiger partial charge in [-0.25, -0.2) is 4.79 Å². The zero-order chi connectivity index (χ0) is 23.7. The van der Waals surface area contributed by atoms with Crippen LogP contribution < -0.4 is 4.87 Å². The van der Waals surface area contributed by atoms with E-state index in [2.05, 4.69) is 12.8 Å². The van der Waals surface area contributed by atoms with Crippen molar-refractivity contribution >= 4 is 35.5 Å². The summed E-state index contributed by atoms with van der Waals surface area (Å²) in [6, 6.07) is 3.04. The number of aromatic hydroxyl groups is 1. The number of rotatable bonds is 12. The van der Waals surface area contributed by atoms with Crippen LogP contribution in [0.15, 0.2) is 16.9 Å². The first-order chi connectivity index (χ1) is 15.1. The summed E-state index contributed by atoms with van der Waals surface area (Å²) in [5.74, 6) is -0.0442. The van der Waals surface area contributed by atoms with E-state index in [1.165, 1.54) is 38.1 Å². The number of ether oxygens (including phenoxy) is 1. The van der Waals surface area contributed by atoms with Crippen molar-refractivity contribution in [3.05, 3.63) is 27.4 Å². The molecule has 0 unspecified atom stereocenters. The van der Waals surface area contributed by atoms with E-state index in [-0.39, 0.29) is 17.2 Å². The molecule has 178 valence electrons. The van der Waals surface area contributed by atoms with Crippen LogP contribution in [-0.4, -0.2) is 52.7 Å². The minimum Gasteiger partial charge on any atom is -0.506 e. The van der Waals surface area contributed by atoms with Gasteiger partial charge in [0, 0.05) is 12.1 Å². The van der Waals surface area contributed by atoms with E-state index in [1.807, 2.05) is 20.8 Å². The number of nitrogens with zero attached hydrogens (tertiary/aromatic N) is 1. The quantitative estimate of drug-likeness (QED) is 0.320. The monoisotopic (exact) mass is 464 g/mol. The maximum absolute atomic E-state index is 12.8. The Bertz CT molecular complexity index is 921. The fourth-order valence-corrected chi connectivity index (χ4v) is 4.55. The van der Waals surface area contributed by atoms with E-state index in [4.69, 9.17) is 4.74 Å². The minimum atomic E-state index is -1.01. The number of carbonyl (C=O) groups is 1. The number of thiazole rings is 1. The third-order valence-electron chi connectivity index (χ3n) is 5.27. The zero-order valence-electron chi connectivity index (χ0n) is 19.8. The lowest BCUT2D eigenvalue weighted by Gasteiger charge is -2.29. The molecule has 2 rings (SSSR count). The van der Waals surface area contributed by atoms with Crippen LogP contribution in [0.25, 0.3) is 10.2 Å². The Morgan fingerprint density at radius 3 is 2.41 bits per heavy atom. The molecule has 9 heteroatoms. The molecule has 7 nitrogen and oxygen atoms in total. The lowest BCUT2D eigenvalue weighted by atomic mass is 9.98. The Labute approximate surface area is 195 Å². The number of nitrogens with one attached hydrogen (secondary N) is 1. The number of carbonyl (C=O) groups excluding carboxylic acids is 1. The van der Waals surface area contributed by atoms with E-state index < -0.39 is 17.8 Å². The van der Waals surface area contributed by atoms with Gasteiger partial charge in [0.15, 0.2) is 0 Å². The third-order valence-corrected chi connectivity index (χ3v) is 6.20. The molecular formula is C23H37BN2O5S. The predicted octanol–water partition coefficient (Wildman–Crippen LogP) is 4.35. The average molecular weight is 464 g/mol. The van der Waals surface area contributed by atoms with Crippen molar-refractivity contribution in [3.8, 4) is 5.75 Å². The van der Waals surface area contributed by atoms with Gasteiger partial charge in [0.1, 0.15) is 24.7 Å². The number of fused-ring (bicyclic) bond motifs is 1. The highest BCUT2D eigenvalue weighted by Gasteiger charge is 2.25. The smallest absolute Gasteiger partial charge is 0.410 e. The van der Waals surface area contributed by atoms with Crippen LogP contribution in [0.5, 0.6) is 5.75 Å². The topological polar surface area (TPSA) is 103 Å². The fourth-order valence-electron chi connectivity index (χ4n) is 3.63. The van der Waals surface area contributed by atoms with E-state index in [0.29, 0.717) is 22.3 Å². The van der Waals surface area contributed by atoms with Gasteiger partial charge in [-0.2, -0.15) is 0 Å². The number of phenolic OH excluding ortho intramolecular Hbond substituents is 1. The maximum Gasteiger partial charge on any atom is 0.410 e. The van der Waals surface area contributed by atoms with E-state index in [1.54, 1.807) is 11.0 Å². The molecule has 0 aliphatic heterocycles. The van der Waals surface area contributed by atoms with Crippen molar-refractivity contribution < 1.29 is 19.7 Å². The molecule has 0 spiro atoms. The van der Waals surface area contributed by atoms with E-state index in [9.17, 15) is 19.8 Å². The molecule has 0 aliphatic rings. The summed E-state index contributed by atoms with van der Waals surface area (Å²) in [4.78, 5) is 28.4. The van der Waals surface area contributed by atoms with Crippen LogP contribution in [0.4, 0.5) is 4.79 Å². The van der Waals surface area contributed by atoms with Gasteiger partial charge < -0.3 is 24.8 Å². The van der Waals surface area contributed by atoms with Gasteiger partial charge in [-0.05, 0) is 33.3 Å². The highest BCUT2D eigenvalue weighted by Crippen LogP contribution is 2.32. The molecule has 1 aromatic heterocycles. The molecule has 0 radical (unpaired) electrons. The van der Waals surface area contributed by atoms with Gasteiger partial charge >= 0.3 is 11.0 Å². The van der Waals surface area contributed by atoms with E-state index >= 15 is 0 Å². The second-order valence-corrected chi connectivity index (χ2v) is 10.3. The van der Waals surface area contributed by atoms with Crippen molar-refractivity contribution in [2.24, 2.45) is 0 Å². The number of benzene rings is 1. The maximum atomic E-state index is 12.8. The fraction of sp³-hybridized carbons (Fsp3) is 0.652. The number of phenols is 1. The predicted molar refractivity (Wildman–Crippen MR) is 133 cm³/mol. The highest BCUT2D eigenvalue weighted by atomic mass is 32.1. The molecular weight excluding hydrogens is 427 g/mol. The summed E-state index contributed by atoms with van der Waals surface area (Å²) in [6.07, 6.45) is 7.76. The average Bonchev–Trinajstić information content (AvgIpc) is 3.10. The van der Waals surface area contributed by atoms with Gasteiger partial charge in [0.25, 0.3) is 0 Å². The van der Waals surface area contributed by atoms with Crippen molar-refractivity contribution in [1.82, 2.24) is 9.88 Å². The first-order valence-electron chi connectivity index (χ1n) is 11.6. The summed E-state index contributed by atoms with van der Waals surface area (Å²) in [7, 11) is 2.21. The van der Waals surface area contributed by atoms with Crippen molar-refractivity contribution in [3.63, 3.8) is 0 Å². The van der Waals surface area contributed by atoms with Crippen LogP contribution in [0, 0.1) is 0 Å². The van der Waals surface area contributed by atoms with E-state index in [0.717, 1.165) is 30.6 Å². The zero-order valence-corrected chi connectivity index (χ0v) is 20.6. The summed E-state index contributed by atoms with van der Waals surface area (Å²) in [5.41, 5.74) is 0.181. The number of aromatic amines is 1. The summed E-state index contributed by atoms with van der Waals surface area (Å²) >= 11 is 0.933. The lowest BCUT2D eigenvalue weighted by Crippen LogP contribution is -2.39. The number of hydrogen-bond donors (Lipinski definition) is 3. The molecule has 0 fully saturated rings. The molecule has 3 N–H and O–H groups in total. The minimum absolute atomic E-state index is 0.0442. The molecule has 1 amide bonds. The highest BCUT2D eigenvalue weighted by molar-refractivity contribution is 7.16. The second kappa shape index (κ2) is 12.3. The first-order valence-corrected chi connectivity index (χ1v) is 12.4. The third kappa shape index (κ3) is 8.17. The van der Waals surface area contributed by atoms with Crippen LogP contribution in [-0.2, 0) is 4.74 Å². The molecule has 0 saturated carbocycles. The van der Waals surface area contributed by atoms with Crippen LogP contribution in [0.3, 0.4) is 0 Å².